The molecule has 0 fully saturated rings. The molecule has 0 saturated carbocycles. The summed E-state index contributed by atoms with van der Waals surface area (Å²) in [6.07, 6.45) is -1.67. The zero-order valence-electron chi connectivity index (χ0n) is 14.2. The van der Waals surface area contributed by atoms with Gasteiger partial charge in [-0.3, -0.25) is 0 Å². The number of benzene rings is 2. The van der Waals surface area contributed by atoms with Crippen molar-refractivity contribution >= 4 is 11.0 Å². The molecule has 1 aliphatic rings. The molecule has 0 atom stereocenters. The molecule has 6 heteroatoms. The molecule has 0 radical (unpaired) electrons. The quantitative estimate of drug-likeness (QED) is 0.596. The summed E-state index contributed by atoms with van der Waals surface area (Å²) in [6, 6.07) is 10.2. The second kappa shape index (κ2) is 6.27. The summed E-state index contributed by atoms with van der Waals surface area (Å²) in [7, 11) is 0. The molecule has 4 rings (SSSR count). The van der Waals surface area contributed by atoms with Crippen molar-refractivity contribution in [3.8, 4) is 11.5 Å². The first-order valence-electron chi connectivity index (χ1n) is 8.41. The topological polar surface area (TPSA) is 31.6 Å². The predicted octanol–water partition coefficient (Wildman–Crippen LogP) is 5.71. The third-order valence-corrected chi connectivity index (χ3v) is 4.51. The normalized spacial score (nSPS) is 13.8. The van der Waals surface area contributed by atoms with E-state index in [1.807, 2.05) is 12.1 Å². The highest BCUT2D eigenvalue weighted by Gasteiger charge is 2.31. The highest BCUT2D eigenvalue weighted by molar-refractivity contribution is 5.83. The molecule has 3 nitrogen and oxygen atoms in total. The molecule has 0 aliphatic heterocycles. The van der Waals surface area contributed by atoms with Crippen LogP contribution in [0.1, 0.15) is 28.9 Å². The van der Waals surface area contributed by atoms with Gasteiger partial charge in [-0.25, -0.2) is 0 Å². The van der Waals surface area contributed by atoms with Gasteiger partial charge in [0.25, 0.3) is 0 Å². The molecule has 0 saturated heterocycles. The molecule has 0 N–H and O–H groups in total. The maximum Gasteiger partial charge on any atom is 0.573 e. The molecule has 0 amide bonds. The number of fused-ring (bicyclic) bond motifs is 2. The molecular weight excluding hydrogens is 345 g/mol. The van der Waals surface area contributed by atoms with E-state index >= 15 is 0 Å². The largest absolute Gasteiger partial charge is 0.573 e. The lowest BCUT2D eigenvalue weighted by atomic mass is 10.1. The monoisotopic (exact) mass is 362 g/mol. The second-order valence-electron chi connectivity index (χ2n) is 6.44. The first-order valence-corrected chi connectivity index (χ1v) is 8.41. The maximum atomic E-state index is 12.6. The molecule has 0 bridgehead atoms. The molecule has 1 aliphatic carbocycles. The summed E-state index contributed by atoms with van der Waals surface area (Å²) in [5.41, 5.74) is 3.49. The first kappa shape index (κ1) is 16.8. The van der Waals surface area contributed by atoms with Crippen molar-refractivity contribution in [3.05, 3.63) is 58.8 Å². The van der Waals surface area contributed by atoms with E-state index in [-0.39, 0.29) is 12.4 Å². The summed E-state index contributed by atoms with van der Waals surface area (Å²) in [5.74, 6) is 1.12. The Morgan fingerprint density at radius 1 is 1.12 bits per heavy atom. The number of hydrogen-bond donors (Lipinski definition) is 0. The van der Waals surface area contributed by atoms with E-state index in [0.29, 0.717) is 22.3 Å². The number of alkyl halides is 3. The van der Waals surface area contributed by atoms with Crippen LogP contribution in [0.5, 0.6) is 11.5 Å². The van der Waals surface area contributed by atoms with E-state index in [9.17, 15) is 13.2 Å². The summed E-state index contributed by atoms with van der Waals surface area (Å²) in [6.45, 7) is 1.86. The van der Waals surface area contributed by atoms with Gasteiger partial charge in [0.1, 0.15) is 29.4 Å². The molecule has 1 aromatic heterocycles. The lowest BCUT2D eigenvalue weighted by molar-refractivity contribution is -0.274. The number of halogens is 3. The first-order chi connectivity index (χ1) is 12.4. The SMILES string of the molecule is Cc1cc2cc(OC(F)(F)F)cc(COc3cccc4c3CCC4)c2o1. The zero-order valence-corrected chi connectivity index (χ0v) is 14.2. The van der Waals surface area contributed by atoms with Crippen LogP contribution in [0.2, 0.25) is 0 Å². The van der Waals surface area contributed by atoms with E-state index in [2.05, 4.69) is 10.8 Å². The average molecular weight is 362 g/mol. The third kappa shape index (κ3) is 3.36. The Balaban J connectivity index is 1.66. The molecular formula is C20H17F3O3. The van der Waals surface area contributed by atoms with Crippen LogP contribution in [0.25, 0.3) is 11.0 Å². The van der Waals surface area contributed by atoms with Crippen LogP contribution >= 0.6 is 0 Å². The zero-order chi connectivity index (χ0) is 18.3. The highest BCUT2D eigenvalue weighted by atomic mass is 19.4. The summed E-state index contributed by atoms with van der Waals surface area (Å²) in [4.78, 5) is 0. The lowest BCUT2D eigenvalue weighted by Gasteiger charge is -2.13. The Morgan fingerprint density at radius 3 is 2.77 bits per heavy atom. The standard InChI is InChI=1S/C20H17F3O3/c1-12-8-14-9-16(26-20(21,22)23)10-15(19(14)25-12)11-24-18-7-3-5-13-4-2-6-17(13)18/h3,5,7-10H,2,4,6,11H2,1H3. The van der Waals surface area contributed by atoms with E-state index in [1.165, 1.54) is 23.3 Å². The van der Waals surface area contributed by atoms with Gasteiger partial charge < -0.3 is 13.9 Å². The molecule has 0 unspecified atom stereocenters. The van der Waals surface area contributed by atoms with Crippen molar-refractivity contribution in [1.29, 1.82) is 0 Å². The summed E-state index contributed by atoms with van der Waals surface area (Å²) >= 11 is 0. The van der Waals surface area contributed by atoms with Gasteiger partial charge in [0.05, 0.1) is 0 Å². The molecule has 3 aromatic rings. The fraction of sp³-hybridized carbons (Fsp3) is 0.300. The minimum Gasteiger partial charge on any atom is -0.488 e. The number of hydrogen-bond acceptors (Lipinski definition) is 3. The van der Waals surface area contributed by atoms with Crippen LogP contribution in [0.4, 0.5) is 13.2 Å². The smallest absolute Gasteiger partial charge is 0.488 e. The predicted molar refractivity (Wildman–Crippen MR) is 90.4 cm³/mol. The Hall–Kier alpha value is -2.63. The van der Waals surface area contributed by atoms with Gasteiger partial charge in [0, 0.05) is 10.9 Å². The summed E-state index contributed by atoms with van der Waals surface area (Å²) in [5, 5.41) is 0.557. The van der Waals surface area contributed by atoms with Crippen molar-refractivity contribution in [2.24, 2.45) is 0 Å². The van der Waals surface area contributed by atoms with Crippen molar-refractivity contribution in [3.63, 3.8) is 0 Å². The van der Waals surface area contributed by atoms with Gasteiger partial charge in [0.2, 0.25) is 0 Å². The van der Waals surface area contributed by atoms with E-state index in [4.69, 9.17) is 9.15 Å². The maximum absolute atomic E-state index is 12.6. The Labute approximate surface area is 148 Å². The Kier molecular flexibility index (Phi) is 4.05. The van der Waals surface area contributed by atoms with E-state index in [0.717, 1.165) is 25.0 Å². The van der Waals surface area contributed by atoms with Crippen LogP contribution in [0, 0.1) is 6.92 Å². The molecule has 2 aromatic carbocycles. The molecule has 136 valence electrons. The van der Waals surface area contributed by atoms with E-state index in [1.54, 1.807) is 13.0 Å². The van der Waals surface area contributed by atoms with Crippen molar-refractivity contribution < 1.29 is 27.1 Å². The minimum atomic E-state index is -4.75. The van der Waals surface area contributed by atoms with Gasteiger partial charge in [0.15, 0.2) is 0 Å². The van der Waals surface area contributed by atoms with Gasteiger partial charge in [-0.2, -0.15) is 0 Å². The number of ether oxygens (including phenoxy) is 2. The molecule has 1 heterocycles. The number of rotatable bonds is 4. The lowest BCUT2D eigenvalue weighted by Crippen LogP contribution is -2.17. The van der Waals surface area contributed by atoms with Gasteiger partial charge in [-0.1, -0.05) is 12.1 Å². The van der Waals surface area contributed by atoms with Gasteiger partial charge in [-0.05, 0) is 61.6 Å². The molecule has 0 spiro atoms. The van der Waals surface area contributed by atoms with Crippen LogP contribution in [0.3, 0.4) is 0 Å². The summed E-state index contributed by atoms with van der Waals surface area (Å²) < 4.78 is 53.5. The van der Waals surface area contributed by atoms with Crippen molar-refractivity contribution in [1.82, 2.24) is 0 Å². The Morgan fingerprint density at radius 2 is 1.96 bits per heavy atom. The van der Waals surface area contributed by atoms with Crippen LogP contribution < -0.4 is 9.47 Å². The van der Waals surface area contributed by atoms with Crippen LogP contribution in [-0.4, -0.2) is 6.36 Å². The third-order valence-electron chi connectivity index (χ3n) is 4.51. The number of furan rings is 1. The van der Waals surface area contributed by atoms with Crippen LogP contribution in [-0.2, 0) is 19.4 Å². The molecule has 26 heavy (non-hydrogen) atoms. The Bertz CT molecular complexity index is 957. The van der Waals surface area contributed by atoms with Crippen LogP contribution in [0.15, 0.2) is 40.8 Å². The van der Waals surface area contributed by atoms with Gasteiger partial charge in [-0.15, -0.1) is 13.2 Å². The highest BCUT2D eigenvalue weighted by Crippen LogP contribution is 2.34. The number of aryl methyl sites for hydroxylation is 2. The van der Waals surface area contributed by atoms with E-state index < -0.39 is 6.36 Å². The van der Waals surface area contributed by atoms with Gasteiger partial charge >= 0.3 is 6.36 Å². The average Bonchev–Trinajstić information content (AvgIpc) is 3.16. The fourth-order valence-electron chi connectivity index (χ4n) is 3.50. The minimum absolute atomic E-state index is 0.106. The van der Waals surface area contributed by atoms with Crippen molar-refractivity contribution in [2.75, 3.05) is 0 Å². The van der Waals surface area contributed by atoms with Crippen molar-refractivity contribution in [2.45, 2.75) is 39.2 Å². The fourth-order valence-corrected chi connectivity index (χ4v) is 3.50. The second-order valence-corrected chi connectivity index (χ2v) is 6.44.